The van der Waals surface area contributed by atoms with Crippen LogP contribution in [0.2, 0.25) is 0 Å². The molecule has 2 aromatic carbocycles. The molecule has 0 aromatic heterocycles. The Hall–Kier alpha value is -2.00. The number of fused-ring (bicyclic) bond motifs is 1. The lowest BCUT2D eigenvalue weighted by Gasteiger charge is -2.10. The summed E-state index contributed by atoms with van der Waals surface area (Å²) in [6.07, 6.45) is -0.555. The Labute approximate surface area is 106 Å². The number of para-hydroxylation sites is 1. The van der Waals surface area contributed by atoms with Gasteiger partial charge in [0, 0.05) is 5.56 Å². The van der Waals surface area contributed by atoms with Crippen LogP contribution in [0.1, 0.15) is 17.2 Å². The second-order valence-corrected chi connectivity index (χ2v) is 4.42. The first-order valence-corrected chi connectivity index (χ1v) is 5.92. The minimum atomic E-state index is -0.555. The van der Waals surface area contributed by atoms with E-state index in [4.69, 9.17) is 9.47 Å². The number of aryl methyl sites for hydroxylation is 1. The standard InChI is InChI=1S/C15H14O3/c1-10-4-2-5-11(8-10)18-14-7-3-6-12-13(16)9-17-15(12)14/h2-8,13,16H,9H2,1H3. The molecule has 18 heavy (non-hydrogen) atoms. The van der Waals surface area contributed by atoms with E-state index < -0.39 is 6.10 Å². The van der Waals surface area contributed by atoms with Gasteiger partial charge in [-0.15, -0.1) is 0 Å². The highest BCUT2D eigenvalue weighted by Crippen LogP contribution is 2.41. The molecule has 0 bridgehead atoms. The fraction of sp³-hybridized carbons (Fsp3) is 0.200. The second kappa shape index (κ2) is 4.35. The van der Waals surface area contributed by atoms with Gasteiger partial charge in [-0.2, -0.15) is 0 Å². The van der Waals surface area contributed by atoms with Crippen molar-refractivity contribution >= 4 is 0 Å². The maximum atomic E-state index is 9.74. The Morgan fingerprint density at radius 3 is 2.89 bits per heavy atom. The highest BCUT2D eigenvalue weighted by molar-refractivity contribution is 5.51. The summed E-state index contributed by atoms with van der Waals surface area (Å²) in [6.45, 7) is 2.31. The summed E-state index contributed by atoms with van der Waals surface area (Å²) < 4.78 is 11.3. The maximum Gasteiger partial charge on any atom is 0.169 e. The van der Waals surface area contributed by atoms with E-state index in [1.165, 1.54) is 0 Å². The third-order valence-electron chi connectivity index (χ3n) is 2.97. The van der Waals surface area contributed by atoms with Crippen LogP contribution in [-0.4, -0.2) is 11.7 Å². The first-order chi connectivity index (χ1) is 8.74. The lowest BCUT2D eigenvalue weighted by Crippen LogP contribution is -1.97. The molecule has 0 amide bonds. The minimum absolute atomic E-state index is 0.295. The van der Waals surface area contributed by atoms with E-state index >= 15 is 0 Å². The number of ether oxygens (including phenoxy) is 2. The Morgan fingerprint density at radius 2 is 2.06 bits per heavy atom. The van der Waals surface area contributed by atoms with Crippen molar-refractivity contribution in [2.24, 2.45) is 0 Å². The number of benzene rings is 2. The quantitative estimate of drug-likeness (QED) is 0.878. The van der Waals surface area contributed by atoms with Crippen LogP contribution in [0.5, 0.6) is 17.2 Å². The predicted molar refractivity (Wildman–Crippen MR) is 68.1 cm³/mol. The van der Waals surface area contributed by atoms with Crippen LogP contribution in [0.3, 0.4) is 0 Å². The van der Waals surface area contributed by atoms with Crippen LogP contribution in [-0.2, 0) is 0 Å². The average molecular weight is 242 g/mol. The number of rotatable bonds is 2. The van der Waals surface area contributed by atoms with Crippen LogP contribution in [0.4, 0.5) is 0 Å². The van der Waals surface area contributed by atoms with Gasteiger partial charge in [0.25, 0.3) is 0 Å². The summed E-state index contributed by atoms with van der Waals surface area (Å²) in [6, 6.07) is 13.4. The third-order valence-corrected chi connectivity index (χ3v) is 2.97. The molecule has 2 aromatic rings. The van der Waals surface area contributed by atoms with Crippen LogP contribution >= 0.6 is 0 Å². The van der Waals surface area contributed by atoms with Gasteiger partial charge in [-0.05, 0) is 30.7 Å². The molecule has 3 rings (SSSR count). The molecule has 0 fully saturated rings. The van der Waals surface area contributed by atoms with E-state index in [0.717, 1.165) is 16.9 Å². The first kappa shape index (κ1) is 11.1. The zero-order chi connectivity index (χ0) is 12.5. The molecule has 1 aliphatic heterocycles. The molecule has 3 heteroatoms. The molecule has 0 aliphatic carbocycles. The molecule has 1 unspecified atom stereocenters. The zero-order valence-electron chi connectivity index (χ0n) is 10.1. The summed E-state index contributed by atoms with van der Waals surface area (Å²) in [7, 11) is 0. The summed E-state index contributed by atoms with van der Waals surface area (Å²) in [4.78, 5) is 0. The van der Waals surface area contributed by atoms with Crippen molar-refractivity contribution in [3.05, 3.63) is 53.6 Å². The van der Waals surface area contributed by atoms with Crippen molar-refractivity contribution in [3.8, 4) is 17.2 Å². The Balaban J connectivity index is 1.95. The van der Waals surface area contributed by atoms with Crippen molar-refractivity contribution < 1.29 is 14.6 Å². The van der Waals surface area contributed by atoms with E-state index in [9.17, 15) is 5.11 Å². The number of aliphatic hydroxyl groups excluding tert-OH is 1. The molecule has 0 saturated carbocycles. The van der Waals surface area contributed by atoms with Crippen molar-refractivity contribution in [1.82, 2.24) is 0 Å². The van der Waals surface area contributed by atoms with E-state index in [-0.39, 0.29) is 0 Å². The minimum Gasteiger partial charge on any atom is -0.486 e. The van der Waals surface area contributed by atoms with Crippen molar-refractivity contribution in [2.45, 2.75) is 13.0 Å². The Bertz CT molecular complexity index is 578. The van der Waals surface area contributed by atoms with Crippen LogP contribution in [0.25, 0.3) is 0 Å². The SMILES string of the molecule is Cc1cccc(Oc2cccc3c2OCC3O)c1. The molecule has 3 nitrogen and oxygen atoms in total. The lowest BCUT2D eigenvalue weighted by atomic mass is 10.1. The molecular weight excluding hydrogens is 228 g/mol. The average Bonchev–Trinajstić information content (AvgIpc) is 2.73. The molecule has 92 valence electrons. The molecular formula is C15H14O3. The van der Waals surface area contributed by atoms with Gasteiger partial charge in [0.15, 0.2) is 11.5 Å². The van der Waals surface area contributed by atoms with Crippen LogP contribution in [0, 0.1) is 6.92 Å². The van der Waals surface area contributed by atoms with Gasteiger partial charge in [-0.25, -0.2) is 0 Å². The van der Waals surface area contributed by atoms with Gasteiger partial charge in [0.2, 0.25) is 0 Å². The van der Waals surface area contributed by atoms with Crippen LogP contribution < -0.4 is 9.47 Å². The van der Waals surface area contributed by atoms with Gasteiger partial charge in [-0.1, -0.05) is 24.3 Å². The summed E-state index contributed by atoms with van der Waals surface area (Å²) >= 11 is 0. The molecule has 1 N–H and O–H groups in total. The normalized spacial score (nSPS) is 17.1. The summed E-state index contributed by atoms with van der Waals surface area (Å²) in [5.41, 5.74) is 1.93. The van der Waals surface area contributed by atoms with Crippen molar-refractivity contribution in [1.29, 1.82) is 0 Å². The number of hydrogen-bond donors (Lipinski definition) is 1. The lowest BCUT2D eigenvalue weighted by molar-refractivity contribution is 0.140. The van der Waals surface area contributed by atoms with E-state index in [1.54, 1.807) is 0 Å². The largest absolute Gasteiger partial charge is 0.486 e. The summed E-state index contributed by atoms with van der Waals surface area (Å²) in [5.74, 6) is 2.06. The molecule has 0 radical (unpaired) electrons. The summed E-state index contributed by atoms with van der Waals surface area (Å²) in [5, 5.41) is 9.74. The second-order valence-electron chi connectivity index (χ2n) is 4.42. The Morgan fingerprint density at radius 1 is 1.22 bits per heavy atom. The molecule has 0 spiro atoms. The highest BCUT2D eigenvalue weighted by Gasteiger charge is 2.25. The molecule has 0 saturated heterocycles. The van der Waals surface area contributed by atoms with Gasteiger partial charge in [0.05, 0.1) is 0 Å². The van der Waals surface area contributed by atoms with Gasteiger partial charge >= 0.3 is 0 Å². The first-order valence-electron chi connectivity index (χ1n) is 5.92. The topological polar surface area (TPSA) is 38.7 Å². The van der Waals surface area contributed by atoms with Gasteiger partial charge < -0.3 is 14.6 Å². The Kier molecular flexibility index (Phi) is 2.68. The monoisotopic (exact) mass is 242 g/mol. The number of aliphatic hydroxyl groups is 1. The van der Waals surface area contributed by atoms with Crippen molar-refractivity contribution in [2.75, 3.05) is 6.61 Å². The zero-order valence-corrected chi connectivity index (χ0v) is 10.1. The van der Waals surface area contributed by atoms with E-state index in [1.807, 2.05) is 49.4 Å². The van der Waals surface area contributed by atoms with Crippen LogP contribution in [0.15, 0.2) is 42.5 Å². The van der Waals surface area contributed by atoms with E-state index in [2.05, 4.69) is 0 Å². The molecule has 1 aliphatic rings. The molecule has 1 atom stereocenters. The highest BCUT2D eigenvalue weighted by atomic mass is 16.5. The van der Waals surface area contributed by atoms with E-state index in [0.29, 0.717) is 18.1 Å². The predicted octanol–water partition coefficient (Wildman–Crippen LogP) is 3.21. The van der Waals surface area contributed by atoms with Gasteiger partial charge in [-0.3, -0.25) is 0 Å². The fourth-order valence-corrected chi connectivity index (χ4v) is 2.09. The maximum absolute atomic E-state index is 9.74. The molecule has 1 heterocycles. The van der Waals surface area contributed by atoms with Gasteiger partial charge in [0.1, 0.15) is 18.5 Å². The smallest absolute Gasteiger partial charge is 0.169 e. The van der Waals surface area contributed by atoms with Crippen molar-refractivity contribution in [3.63, 3.8) is 0 Å². The number of hydrogen-bond acceptors (Lipinski definition) is 3. The fourth-order valence-electron chi connectivity index (χ4n) is 2.09. The third kappa shape index (κ3) is 1.93.